The first kappa shape index (κ1) is 15.7. The minimum Gasteiger partial charge on any atom is -0.398 e. The van der Waals surface area contributed by atoms with E-state index in [1.807, 2.05) is 31.2 Å². The van der Waals surface area contributed by atoms with Crippen molar-refractivity contribution < 1.29 is 4.79 Å². The van der Waals surface area contributed by atoms with Crippen LogP contribution in [0.3, 0.4) is 0 Å². The van der Waals surface area contributed by atoms with Gasteiger partial charge in [-0.05, 0) is 49.2 Å². The van der Waals surface area contributed by atoms with Gasteiger partial charge >= 0.3 is 0 Å². The van der Waals surface area contributed by atoms with Crippen LogP contribution in [0, 0.1) is 0 Å². The van der Waals surface area contributed by atoms with E-state index >= 15 is 0 Å². The number of benzene rings is 2. The van der Waals surface area contributed by atoms with E-state index in [-0.39, 0.29) is 11.9 Å². The van der Waals surface area contributed by atoms with Crippen LogP contribution in [-0.2, 0) is 6.42 Å². The average Bonchev–Trinajstić information content (AvgIpc) is 2.41. The zero-order valence-corrected chi connectivity index (χ0v) is 13.1. The van der Waals surface area contributed by atoms with Crippen molar-refractivity contribution >= 4 is 34.8 Å². The largest absolute Gasteiger partial charge is 0.398 e. The maximum absolute atomic E-state index is 12.2. The first-order valence-corrected chi connectivity index (χ1v) is 7.31. The Morgan fingerprint density at radius 3 is 2.38 bits per heavy atom. The Morgan fingerprint density at radius 1 is 1.14 bits per heavy atom. The number of hydrogen-bond acceptors (Lipinski definition) is 2. The lowest BCUT2D eigenvalue weighted by molar-refractivity contribution is 0.0941. The Balaban J connectivity index is 2.00. The molecule has 0 bridgehead atoms. The highest BCUT2D eigenvalue weighted by molar-refractivity contribution is 6.31. The minimum atomic E-state index is -0.203. The van der Waals surface area contributed by atoms with Gasteiger partial charge in [0.15, 0.2) is 0 Å². The normalized spacial score (nSPS) is 12.0. The van der Waals surface area contributed by atoms with E-state index in [1.165, 1.54) is 0 Å². The molecule has 110 valence electrons. The molecule has 1 unspecified atom stereocenters. The summed E-state index contributed by atoms with van der Waals surface area (Å²) >= 11 is 11.7. The van der Waals surface area contributed by atoms with Gasteiger partial charge in [-0.2, -0.15) is 0 Å². The standard InChI is InChI=1S/C16H16Cl2N2O/c1-10(8-11-2-4-12(17)5-3-11)20-16(21)14-7-6-13(18)9-15(14)19/h2-7,9-10H,8,19H2,1H3,(H,20,21). The molecule has 0 aliphatic rings. The van der Waals surface area contributed by atoms with Crippen LogP contribution in [0.1, 0.15) is 22.8 Å². The highest BCUT2D eigenvalue weighted by Crippen LogP contribution is 2.18. The zero-order valence-electron chi connectivity index (χ0n) is 11.6. The Kier molecular flexibility index (Phi) is 5.10. The van der Waals surface area contributed by atoms with E-state index in [9.17, 15) is 4.79 Å². The van der Waals surface area contributed by atoms with Crippen molar-refractivity contribution in [1.29, 1.82) is 0 Å². The number of nitrogens with one attached hydrogen (secondary N) is 1. The summed E-state index contributed by atoms with van der Waals surface area (Å²) in [5.41, 5.74) is 7.72. The van der Waals surface area contributed by atoms with Gasteiger partial charge in [-0.15, -0.1) is 0 Å². The summed E-state index contributed by atoms with van der Waals surface area (Å²) in [4.78, 5) is 12.2. The molecule has 2 aromatic carbocycles. The van der Waals surface area contributed by atoms with Gasteiger partial charge in [-0.3, -0.25) is 4.79 Å². The van der Waals surface area contributed by atoms with Crippen molar-refractivity contribution in [3.8, 4) is 0 Å². The van der Waals surface area contributed by atoms with Gasteiger partial charge in [0, 0.05) is 21.8 Å². The molecular formula is C16H16Cl2N2O. The smallest absolute Gasteiger partial charge is 0.253 e. The number of amides is 1. The predicted molar refractivity (Wildman–Crippen MR) is 87.9 cm³/mol. The maximum Gasteiger partial charge on any atom is 0.253 e. The van der Waals surface area contributed by atoms with Crippen LogP contribution in [0.15, 0.2) is 42.5 Å². The number of nitrogen functional groups attached to an aromatic ring is 1. The molecule has 1 amide bonds. The van der Waals surface area contributed by atoms with Crippen molar-refractivity contribution in [3.05, 3.63) is 63.6 Å². The molecule has 0 fully saturated rings. The van der Waals surface area contributed by atoms with Gasteiger partial charge in [0.1, 0.15) is 0 Å². The number of hydrogen-bond donors (Lipinski definition) is 2. The Bertz CT molecular complexity index is 641. The molecular weight excluding hydrogens is 307 g/mol. The lowest BCUT2D eigenvalue weighted by atomic mass is 10.1. The molecule has 3 nitrogen and oxygen atoms in total. The van der Waals surface area contributed by atoms with Gasteiger partial charge in [0.05, 0.1) is 5.56 Å². The highest BCUT2D eigenvalue weighted by Gasteiger charge is 2.13. The summed E-state index contributed by atoms with van der Waals surface area (Å²) in [6.45, 7) is 1.94. The molecule has 0 saturated carbocycles. The molecule has 3 N–H and O–H groups in total. The fourth-order valence-corrected chi connectivity index (χ4v) is 2.37. The van der Waals surface area contributed by atoms with E-state index in [1.54, 1.807) is 18.2 Å². The molecule has 2 rings (SSSR count). The number of halogens is 2. The molecule has 5 heteroatoms. The molecule has 0 aromatic heterocycles. The molecule has 0 saturated heterocycles. The molecule has 0 heterocycles. The third kappa shape index (κ3) is 4.38. The average molecular weight is 323 g/mol. The molecule has 2 aromatic rings. The fourth-order valence-electron chi connectivity index (χ4n) is 2.07. The summed E-state index contributed by atoms with van der Waals surface area (Å²) in [6.07, 6.45) is 0.719. The van der Waals surface area contributed by atoms with Crippen molar-refractivity contribution in [1.82, 2.24) is 5.32 Å². The van der Waals surface area contributed by atoms with Crippen LogP contribution in [0.25, 0.3) is 0 Å². The molecule has 0 aliphatic carbocycles. The van der Waals surface area contributed by atoms with E-state index < -0.39 is 0 Å². The topological polar surface area (TPSA) is 55.1 Å². The van der Waals surface area contributed by atoms with Crippen LogP contribution < -0.4 is 11.1 Å². The number of nitrogens with two attached hydrogens (primary N) is 1. The van der Waals surface area contributed by atoms with Crippen LogP contribution >= 0.6 is 23.2 Å². The highest BCUT2D eigenvalue weighted by atomic mass is 35.5. The van der Waals surface area contributed by atoms with Crippen molar-refractivity contribution in [3.63, 3.8) is 0 Å². The van der Waals surface area contributed by atoms with Gasteiger partial charge in [0.25, 0.3) is 5.91 Å². The fraction of sp³-hybridized carbons (Fsp3) is 0.188. The number of anilines is 1. The summed E-state index contributed by atoms with van der Waals surface area (Å²) in [6, 6.07) is 12.4. The van der Waals surface area contributed by atoms with E-state index in [0.717, 1.165) is 12.0 Å². The van der Waals surface area contributed by atoms with Gasteiger partial charge in [-0.1, -0.05) is 35.3 Å². The second-order valence-corrected chi connectivity index (χ2v) is 5.81. The molecule has 1 atom stereocenters. The van der Waals surface area contributed by atoms with Gasteiger partial charge in [0.2, 0.25) is 0 Å². The monoisotopic (exact) mass is 322 g/mol. The van der Waals surface area contributed by atoms with Crippen molar-refractivity contribution in [2.75, 3.05) is 5.73 Å². The van der Waals surface area contributed by atoms with Crippen LogP contribution in [-0.4, -0.2) is 11.9 Å². The van der Waals surface area contributed by atoms with E-state index in [2.05, 4.69) is 5.32 Å². The third-order valence-corrected chi connectivity index (χ3v) is 3.58. The quantitative estimate of drug-likeness (QED) is 0.838. The minimum absolute atomic E-state index is 0.0197. The summed E-state index contributed by atoms with van der Waals surface area (Å²) in [5, 5.41) is 4.14. The number of carbonyl (C=O) groups is 1. The SMILES string of the molecule is CC(Cc1ccc(Cl)cc1)NC(=O)c1ccc(Cl)cc1N. The van der Waals surface area contributed by atoms with Gasteiger partial charge in [-0.25, -0.2) is 0 Å². The molecule has 0 spiro atoms. The molecule has 21 heavy (non-hydrogen) atoms. The first-order chi connectivity index (χ1) is 9.95. The zero-order chi connectivity index (χ0) is 15.4. The predicted octanol–water partition coefficient (Wildman–Crippen LogP) is 3.94. The first-order valence-electron chi connectivity index (χ1n) is 6.56. The van der Waals surface area contributed by atoms with Crippen molar-refractivity contribution in [2.45, 2.75) is 19.4 Å². The van der Waals surface area contributed by atoms with Crippen LogP contribution in [0.4, 0.5) is 5.69 Å². The second kappa shape index (κ2) is 6.83. The van der Waals surface area contributed by atoms with Gasteiger partial charge < -0.3 is 11.1 Å². The summed E-state index contributed by atoms with van der Waals surface area (Å²) in [5.74, 6) is -0.203. The van der Waals surface area contributed by atoms with Crippen LogP contribution in [0.2, 0.25) is 10.0 Å². The maximum atomic E-state index is 12.2. The third-order valence-electron chi connectivity index (χ3n) is 3.09. The number of rotatable bonds is 4. The van der Waals surface area contributed by atoms with Crippen LogP contribution in [0.5, 0.6) is 0 Å². The lowest BCUT2D eigenvalue weighted by Crippen LogP contribution is -2.34. The van der Waals surface area contributed by atoms with Crippen molar-refractivity contribution in [2.24, 2.45) is 0 Å². The van der Waals surface area contributed by atoms with E-state index in [0.29, 0.717) is 21.3 Å². The summed E-state index contributed by atoms with van der Waals surface area (Å²) < 4.78 is 0. The Hall–Kier alpha value is -1.71. The second-order valence-electron chi connectivity index (χ2n) is 4.94. The van der Waals surface area contributed by atoms with E-state index in [4.69, 9.17) is 28.9 Å². The lowest BCUT2D eigenvalue weighted by Gasteiger charge is -2.15. The Labute approximate surface area is 134 Å². The molecule has 0 aliphatic heterocycles. The summed E-state index contributed by atoms with van der Waals surface area (Å²) in [7, 11) is 0. The Morgan fingerprint density at radius 2 is 1.76 bits per heavy atom. The number of carbonyl (C=O) groups excluding carboxylic acids is 1. The molecule has 0 radical (unpaired) electrons.